The van der Waals surface area contributed by atoms with Crippen LogP contribution in [0.1, 0.15) is 37.7 Å². The Morgan fingerprint density at radius 1 is 1.14 bits per heavy atom. The maximum absolute atomic E-state index is 12.8. The third-order valence-electron chi connectivity index (χ3n) is 5.17. The Kier molecular flexibility index (Phi) is 7.08. The van der Waals surface area contributed by atoms with E-state index in [-0.39, 0.29) is 24.3 Å². The predicted octanol–water partition coefficient (Wildman–Crippen LogP) is 3.48. The molecule has 2 amide bonds. The molecule has 7 nitrogen and oxygen atoms in total. The fourth-order valence-electron chi connectivity index (χ4n) is 3.62. The van der Waals surface area contributed by atoms with Crippen molar-refractivity contribution >= 4 is 23.2 Å². The Labute approximate surface area is 170 Å². The van der Waals surface area contributed by atoms with Gasteiger partial charge in [-0.2, -0.15) is 0 Å². The number of nitrogens with zero attached hydrogens (tertiary/aromatic N) is 1. The van der Waals surface area contributed by atoms with Gasteiger partial charge >= 0.3 is 0 Å². The smallest absolute Gasteiger partial charge is 0.247 e. The van der Waals surface area contributed by atoms with E-state index in [2.05, 4.69) is 10.2 Å². The lowest BCUT2D eigenvalue weighted by Gasteiger charge is -2.38. The zero-order valence-electron chi connectivity index (χ0n) is 16.6. The molecular formula is C22H27N3O4. The Bertz CT molecular complexity index is 838. The van der Waals surface area contributed by atoms with Crippen LogP contribution in [0.5, 0.6) is 5.75 Å². The van der Waals surface area contributed by atoms with E-state index in [0.717, 1.165) is 35.5 Å². The standard InChI is InChI=1S/C22H27N3O4/c1-29-17-13-11-16(12-14-17)15-25-19-8-6-5-7-18(19)23-22(27)20(25)9-3-2-4-10-21(26)24-28/h5-8,11-14,20,28H,2-4,9-10,15H2,1H3,(H,23,27)(H,24,26). The Hall–Kier alpha value is -3.06. The van der Waals surface area contributed by atoms with Crippen LogP contribution in [0.15, 0.2) is 48.5 Å². The van der Waals surface area contributed by atoms with Crippen molar-refractivity contribution < 1.29 is 19.5 Å². The number of ether oxygens (including phenoxy) is 1. The molecule has 3 rings (SSSR count). The maximum Gasteiger partial charge on any atom is 0.247 e. The second-order valence-electron chi connectivity index (χ2n) is 7.13. The number of anilines is 2. The molecule has 7 heteroatoms. The van der Waals surface area contributed by atoms with Gasteiger partial charge in [0.2, 0.25) is 11.8 Å². The van der Waals surface area contributed by atoms with E-state index in [4.69, 9.17) is 9.94 Å². The Morgan fingerprint density at radius 2 is 1.90 bits per heavy atom. The lowest BCUT2D eigenvalue weighted by atomic mass is 10.00. The molecule has 0 saturated heterocycles. The number of hydrogen-bond acceptors (Lipinski definition) is 5. The van der Waals surface area contributed by atoms with Crippen molar-refractivity contribution in [2.45, 2.75) is 44.7 Å². The highest BCUT2D eigenvalue weighted by molar-refractivity contribution is 6.03. The van der Waals surface area contributed by atoms with Crippen molar-refractivity contribution in [3.63, 3.8) is 0 Å². The summed E-state index contributed by atoms with van der Waals surface area (Å²) in [4.78, 5) is 26.1. The summed E-state index contributed by atoms with van der Waals surface area (Å²) >= 11 is 0. The van der Waals surface area contributed by atoms with Crippen LogP contribution in [-0.4, -0.2) is 30.2 Å². The lowest BCUT2D eigenvalue weighted by molar-refractivity contribution is -0.129. The van der Waals surface area contributed by atoms with E-state index in [9.17, 15) is 9.59 Å². The quantitative estimate of drug-likeness (QED) is 0.342. The fraction of sp³-hybridized carbons (Fsp3) is 0.364. The third kappa shape index (κ3) is 5.26. The number of unbranched alkanes of at least 4 members (excludes halogenated alkanes) is 2. The van der Waals surface area contributed by atoms with Crippen LogP contribution in [0.4, 0.5) is 11.4 Å². The highest BCUT2D eigenvalue weighted by Gasteiger charge is 2.32. The van der Waals surface area contributed by atoms with Gasteiger partial charge in [0, 0.05) is 13.0 Å². The van der Waals surface area contributed by atoms with Gasteiger partial charge in [-0.1, -0.05) is 37.1 Å². The fourth-order valence-corrected chi connectivity index (χ4v) is 3.62. The monoisotopic (exact) mass is 397 g/mol. The minimum Gasteiger partial charge on any atom is -0.497 e. The van der Waals surface area contributed by atoms with Crippen molar-refractivity contribution in [2.75, 3.05) is 17.3 Å². The first-order valence-corrected chi connectivity index (χ1v) is 9.85. The van der Waals surface area contributed by atoms with Crippen LogP contribution >= 0.6 is 0 Å². The number of methoxy groups -OCH3 is 1. The molecule has 0 aliphatic carbocycles. The Morgan fingerprint density at radius 3 is 2.62 bits per heavy atom. The summed E-state index contributed by atoms with van der Waals surface area (Å²) in [7, 11) is 1.64. The van der Waals surface area contributed by atoms with E-state index in [1.165, 1.54) is 0 Å². The van der Waals surface area contributed by atoms with Gasteiger partial charge < -0.3 is 15.0 Å². The number of carbonyl (C=O) groups is 2. The molecule has 154 valence electrons. The molecule has 0 saturated carbocycles. The molecule has 0 aromatic heterocycles. The summed E-state index contributed by atoms with van der Waals surface area (Å²) in [6, 6.07) is 15.4. The molecule has 3 N–H and O–H groups in total. The van der Waals surface area contributed by atoms with Gasteiger partial charge in [-0.15, -0.1) is 0 Å². The van der Waals surface area contributed by atoms with E-state index >= 15 is 0 Å². The van der Waals surface area contributed by atoms with Gasteiger partial charge in [0.25, 0.3) is 0 Å². The summed E-state index contributed by atoms with van der Waals surface area (Å²) in [6.07, 6.45) is 3.28. The highest BCUT2D eigenvalue weighted by atomic mass is 16.5. The summed E-state index contributed by atoms with van der Waals surface area (Å²) in [5.74, 6) is 0.412. The van der Waals surface area contributed by atoms with Crippen molar-refractivity contribution in [1.82, 2.24) is 5.48 Å². The minimum absolute atomic E-state index is 0.00897. The molecule has 0 fully saturated rings. The summed E-state index contributed by atoms with van der Waals surface area (Å²) in [6.45, 7) is 0.617. The topological polar surface area (TPSA) is 90.9 Å². The van der Waals surface area contributed by atoms with Gasteiger partial charge in [-0.3, -0.25) is 14.8 Å². The van der Waals surface area contributed by atoms with Crippen molar-refractivity contribution in [3.8, 4) is 5.75 Å². The minimum atomic E-state index is -0.379. The summed E-state index contributed by atoms with van der Waals surface area (Å²) in [5.41, 5.74) is 4.57. The number of carbonyl (C=O) groups excluding carboxylic acids is 2. The molecule has 1 unspecified atom stereocenters. The van der Waals surface area contributed by atoms with Crippen LogP contribution in [0, 0.1) is 0 Å². The Balaban J connectivity index is 1.71. The van der Waals surface area contributed by atoms with Crippen molar-refractivity contribution in [2.24, 2.45) is 0 Å². The van der Waals surface area contributed by atoms with E-state index in [0.29, 0.717) is 19.4 Å². The molecule has 1 aliphatic rings. The van der Waals surface area contributed by atoms with Gasteiger partial charge in [0.15, 0.2) is 0 Å². The number of para-hydroxylation sites is 2. The number of fused-ring (bicyclic) bond motifs is 1. The lowest BCUT2D eigenvalue weighted by Crippen LogP contribution is -2.47. The van der Waals surface area contributed by atoms with Crippen LogP contribution in [0.2, 0.25) is 0 Å². The predicted molar refractivity (Wildman–Crippen MR) is 111 cm³/mol. The zero-order chi connectivity index (χ0) is 20.6. The second kappa shape index (κ2) is 9.93. The van der Waals surface area contributed by atoms with Crippen molar-refractivity contribution in [1.29, 1.82) is 0 Å². The summed E-state index contributed by atoms with van der Waals surface area (Å²) < 4.78 is 5.23. The number of hydrogen-bond donors (Lipinski definition) is 3. The molecule has 1 heterocycles. The molecule has 0 bridgehead atoms. The number of benzene rings is 2. The molecule has 2 aromatic carbocycles. The first kappa shape index (κ1) is 20.7. The van der Waals surface area contributed by atoms with Gasteiger partial charge in [-0.25, -0.2) is 5.48 Å². The number of nitrogens with one attached hydrogen (secondary N) is 2. The first-order chi connectivity index (χ1) is 14.1. The number of hydroxylamine groups is 1. The van der Waals surface area contributed by atoms with Crippen LogP contribution in [0.25, 0.3) is 0 Å². The van der Waals surface area contributed by atoms with E-state index in [1.807, 2.05) is 48.5 Å². The number of amides is 2. The molecule has 0 radical (unpaired) electrons. The average Bonchev–Trinajstić information content (AvgIpc) is 2.75. The van der Waals surface area contributed by atoms with E-state index < -0.39 is 0 Å². The summed E-state index contributed by atoms with van der Waals surface area (Å²) in [5, 5.41) is 11.6. The average molecular weight is 397 g/mol. The highest BCUT2D eigenvalue weighted by Crippen LogP contribution is 2.34. The molecule has 1 atom stereocenters. The SMILES string of the molecule is COc1ccc(CN2c3ccccc3NC(=O)C2CCCCCC(=O)NO)cc1. The van der Waals surface area contributed by atoms with Crippen LogP contribution in [0.3, 0.4) is 0 Å². The molecule has 1 aliphatic heterocycles. The largest absolute Gasteiger partial charge is 0.497 e. The maximum atomic E-state index is 12.8. The molecule has 0 spiro atoms. The van der Waals surface area contributed by atoms with Crippen LogP contribution < -0.4 is 20.4 Å². The van der Waals surface area contributed by atoms with Gasteiger partial charge in [0.05, 0.1) is 18.5 Å². The second-order valence-corrected chi connectivity index (χ2v) is 7.13. The normalized spacial score (nSPS) is 15.4. The zero-order valence-corrected chi connectivity index (χ0v) is 16.6. The van der Waals surface area contributed by atoms with Crippen LogP contribution in [-0.2, 0) is 16.1 Å². The van der Waals surface area contributed by atoms with Gasteiger partial charge in [-0.05, 0) is 42.7 Å². The first-order valence-electron chi connectivity index (χ1n) is 9.85. The molecule has 29 heavy (non-hydrogen) atoms. The molecule has 2 aromatic rings. The molecular weight excluding hydrogens is 370 g/mol. The van der Waals surface area contributed by atoms with E-state index in [1.54, 1.807) is 12.6 Å². The van der Waals surface area contributed by atoms with Gasteiger partial charge in [0.1, 0.15) is 11.8 Å². The number of rotatable bonds is 9. The third-order valence-corrected chi connectivity index (χ3v) is 5.17. The van der Waals surface area contributed by atoms with Crippen molar-refractivity contribution in [3.05, 3.63) is 54.1 Å².